The molecule has 0 radical (unpaired) electrons. The lowest BCUT2D eigenvalue weighted by Gasteiger charge is -2.35. The molecule has 1 spiro atoms. The van der Waals surface area contributed by atoms with Gasteiger partial charge in [-0.15, -0.1) is 11.8 Å². The highest BCUT2D eigenvalue weighted by molar-refractivity contribution is 8.02. The number of fused-ring (bicyclic) bond motifs is 1. The van der Waals surface area contributed by atoms with Crippen molar-refractivity contribution in [2.75, 3.05) is 18.5 Å². The molecule has 0 saturated carbocycles. The van der Waals surface area contributed by atoms with E-state index in [0.29, 0.717) is 19.4 Å². The molecule has 3 fully saturated rings. The third-order valence-electron chi connectivity index (χ3n) is 7.31. The van der Waals surface area contributed by atoms with E-state index in [-0.39, 0.29) is 35.6 Å². The predicted octanol–water partition coefficient (Wildman–Crippen LogP) is 2.79. The molecular weight excluding hydrogens is 438 g/mol. The largest absolute Gasteiger partial charge is 0.396 e. The Morgan fingerprint density at radius 2 is 2.00 bits per heavy atom. The van der Waals surface area contributed by atoms with Gasteiger partial charge in [-0.25, -0.2) is 0 Å². The molecule has 3 heterocycles. The standard InChI is InChI=1S/C25H35N3O4S/c1-3-9-16(2)26-23(31)21-25-13-12-18(33-25)19(22(30)27-17-10-5-4-6-11-17)20(25)24(32)28(21)14-7-8-15-29/h4-6,10-11,16,18-21,29H,3,7-9,12-15H2,1-2H3,(H,26,31)(H,27,30)/t16?,18-,19+,20+,21?,25?/m1/s1. The number of carbonyl (C=O) groups excluding carboxylic acids is 3. The van der Waals surface area contributed by atoms with Crippen molar-refractivity contribution in [3.63, 3.8) is 0 Å². The first kappa shape index (κ1) is 24.1. The molecule has 2 bridgehead atoms. The van der Waals surface area contributed by atoms with Crippen LogP contribution in [0.25, 0.3) is 0 Å². The van der Waals surface area contributed by atoms with E-state index in [1.165, 1.54) is 0 Å². The Kier molecular flexibility index (Phi) is 7.34. The maximum Gasteiger partial charge on any atom is 0.244 e. The molecule has 4 rings (SSSR count). The number of likely N-dealkylation sites (tertiary alicyclic amines) is 1. The van der Waals surface area contributed by atoms with Gasteiger partial charge in [-0.1, -0.05) is 31.5 Å². The number of hydrogen-bond donors (Lipinski definition) is 3. The number of thioether (sulfide) groups is 1. The zero-order valence-corrected chi connectivity index (χ0v) is 20.3. The molecule has 6 atom stereocenters. The van der Waals surface area contributed by atoms with Crippen LogP contribution in [0.1, 0.15) is 52.4 Å². The van der Waals surface area contributed by atoms with E-state index in [9.17, 15) is 19.5 Å². The first-order chi connectivity index (χ1) is 15.9. The summed E-state index contributed by atoms with van der Waals surface area (Å²) in [6, 6.07) is 8.78. The summed E-state index contributed by atoms with van der Waals surface area (Å²) in [4.78, 5) is 42.4. The monoisotopic (exact) mass is 473 g/mol. The molecule has 3 saturated heterocycles. The summed E-state index contributed by atoms with van der Waals surface area (Å²) < 4.78 is -0.560. The Labute approximate surface area is 200 Å². The topological polar surface area (TPSA) is 98.7 Å². The highest BCUT2D eigenvalue weighted by Crippen LogP contribution is 2.66. The van der Waals surface area contributed by atoms with E-state index in [1.807, 2.05) is 37.3 Å². The van der Waals surface area contributed by atoms with Crippen molar-refractivity contribution in [1.82, 2.24) is 10.2 Å². The van der Waals surface area contributed by atoms with Crippen molar-refractivity contribution in [3.05, 3.63) is 30.3 Å². The number of nitrogens with zero attached hydrogens (tertiary/aromatic N) is 1. The number of hydrogen-bond acceptors (Lipinski definition) is 5. The van der Waals surface area contributed by atoms with Crippen LogP contribution in [0.4, 0.5) is 5.69 Å². The van der Waals surface area contributed by atoms with Crippen molar-refractivity contribution in [2.24, 2.45) is 11.8 Å². The molecular formula is C25H35N3O4S. The lowest BCUT2D eigenvalue weighted by Crippen LogP contribution is -2.55. The molecule has 1 aromatic carbocycles. The van der Waals surface area contributed by atoms with E-state index in [4.69, 9.17) is 0 Å². The van der Waals surface area contributed by atoms with Crippen LogP contribution in [-0.4, -0.2) is 63.0 Å². The summed E-state index contributed by atoms with van der Waals surface area (Å²) in [5, 5.41) is 15.4. The van der Waals surface area contributed by atoms with E-state index in [1.54, 1.807) is 16.7 Å². The Hall–Kier alpha value is -2.06. The van der Waals surface area contributed by atoms with Gasteiger partial charge in [0.2, 0.25) is 17.7 Å². The first-order valence-electron chi connectivity index (χ1n) is 12.2. The third kappa shape index (κ3) is 4.39. The Morgan fingerprint density at radius 3 is 2.70 bits per heavy atom. The van der Waals surface area contributed by atoms with Crippen LogP contribution in [-0.2, 0) is 14.4 Å². The van der Waals surface area contributed by atoms with Crippen LogP contribution in [0, 0.1) is 11.8 Å². The van der Waals surface area contributed by atoms with Gasteiger partial charge in [0.05, 0.1) is 16.6 Å². The van der Waals surface area contributed by atoms with Crippen LogP contribution >= 0.6 is 11.8 Å². The summed E-state index contributed by atoms with van der Waals surface area (Å²) >= 11 is 1.69. The molecule has 3 unspecified atom stereocenters. The number of amides is 3. The van der Waals surface area contributed by atoms with Gasteiger partial charge in [-0.3, -0.25) is 14.4 Å². The lowest BCUT2D eigenvalue weighted by molar-refractivity contribution is -0.139. The van der Waals surface area contributed by atoms with E-state index >= 15 is 0 Å². The van der Waals surface area contributed by atoms with Crippen molar-refractivity contribution in [2.45, 2.75) is 74.5 Å². The Bertz CT molecular complexity index is 882. The van der Waals surface area contributed by atoms with E-state index in [0.717, 1.165) is 31.4 Å². The van der Waals surface area contributed by atoms with Gasteiger partial charge in [-0.2, -0.15) is 0 Å². The summed E-state index contributed by atoms with van der Waals surface area (Å²) in [5.41, 5.74) is 0.720. The number of aliphatic hydroxyl groups excluding tert-OH is 1. The number of para-hydroxylation sites is 1. The number of rotatable bonds is 10. The minimum Gasteiger partial charge on any atom is -0.396 e. The van der Waals surface area contributed by atoms with Crippen LogP contribution in [0.15, 0.2) is 30.3 Å². The van der Waals surface area contributed by atoms with E-state index in [2.05, 4.69) is 17.6 Å². The third-order valence-corrected chi connectivity index (χ3v) is 9.26. The molecule has 7 nitrogen and oxygen atoms in total. The molecule has 8 heteroatoms. The van der Waals surface area contributed by atoms with Crippen molar-refractivity contribution >= 4 is 35.2 Å². The van der Waals surface area contributed by atoms with Crippen LogP contribution < -0.4 is 10.6 Å². The van der Waals surface area contributed by atoms with E-state index < -0.39 is 22.6 Å². The second-order valence-electron chi connectivity index (χ2n) is 9.57. The minimum atomic E-state index is -0.572. The second kappa shape index (κ2) is 10.1. The number of aliphatic hydroxyl groups is 1. The molecule has 3 aliphatic rings. The number of anilines is 1. The number of benzene rings is 1. The average Bonchev–Trinajstić information content (AvgIpc) is 3.42. The van der Waals surface area contributed by atoms with Gasteiger partial charge >= 0.3 is 0 Å². The summed E-state index contributed by atoms with van der Waals surface area (Å²) in [5.74, 6) is -1.25. The molecule has 33 heavy (non-hydrogen) atoms. The zero-order valence-electron chi connectivity index (χ0n) is 19.5. The van der Waals surface area contributed by atoms with Gasteiger partial charge in [0, 0.05) is 30.1 Å². The van der Waals surface area contributed by atoms with Crippen LogP contribution in [0.3, 0.4) is 0 Å². The Morgan fingerprint density at radius 1 is 1.24 bits per heavy atom. The zero-order chi connectivity index (χ0) is 23.6. The Balaban J connectivity index is 1.61. The summed E-state index contributed by atoms with van der Waals surface area (Å²) in [7, 11) is 0. The molecule has 3 aliphatic heterocycles. The van der Waals surface area contributed by atoms with Crippen molar-refractivity contribution in [1.29, 1.82) is 0 Å². The van der Waals surface area contributed by atoms with Crippen molar-refractivity contribution < 1.29 is 19.5 Å². The van der Waals surface area contributed by atoms with Gasteiger partial charge < -0.3 is 20.6 Å². The molecule has 3 N–H and O–H groups in total. The normalized spacial score (nSPS) is 30.9. The van der Waals surface area contributed by atoms with Crippen LogP contribution in [0.2, 0.25) is 0 Å². The minimum absolute atomic E-state index is 0.0353. The molecule has 0 aromatic heterocycles. The number of carbonyl (C=O) groups is 3. The summed E-state index contributed by atoms with van der Waals surface area (Å²) in [6.07, 6.45) is 4.66. The maximum atomic E-state index is 13.7. The van der Waals surface area contributed by atoms with Gasteiger partial charge in [0.1, 0.15) is 6.04 Å². The van der Waals surface area contributed by atoms with Gasteiger partial charge in [0.15, 0.2) is 0 Å². The van der Waals surface area contributed by atoms with Crippen molar-refractivity contribution in [3.8, 4) is 0 Å². The van der Waals surface area contributed by atoms with Crippen LogP contribution in [0.5, 0.6) is 0 Å². The molecule has 1 aromatic rings. The average molecular weight is 474 g/mol. The predicted molar refractivity (Wildman–Crippen MR) is 130 cm³/mol. The molecule has 180 valence electrons. The fourth-order valence-corrected chi connectivity index (χ4v) is 8.18. The highest BCUT2D eigenvalue weighted by atomic mass is 32.2. The quantitative estimate of drug-likeness (QED) is 0.454. The second-order valence-corrected chi connectivity index (χ2v) is 11.2. The van der Waals surface area contributed by atoms with Gasteiger partial charge in [-0.05, 0) is 51.2 Å². The smallest absolute Gasteiger partial charge is 0.244 e. The van der Waals surface area contributed by atoms with Gasteiger partial charge in [0.25, 0.3) is 0 Å². The first-order valence-corrected chi connectivity index (χ1v) is 13.1. The highest BCUT2D eigenvalue weighted by Gasteiger charge is 2.73. The maximum absolute atomic E-state index is 13.7. The molecule has 0 aliphatic carbocycles. The lowest BCUT2D eigenvalue weighted by atomic mass is 9.70. The SMILES string of the molecule is CCCC(C)NC(=O)C1N(CCCCO)C(=O)[C@@H]2[C@@H](C(=O)Nc3ccccc3)[C@H]3CCC12S3. The molecule has 3 amide bonds. The summed E-state index contributed by atoms with van der Waals surface area (Å²) in [6.45, 7) is 4.57. The number of unbranched alkanes of at least 4 members (excludes halogenated alkanes) is 1. The number of nitrogens with one attached hydrogen (secondary N) is 2. The fourth-order valence-electron chi connectivity index (χ4n) is 5.96. The fraction of sp³-hybridized carbons (Fsp3) is 0.640.